The molecule has 0 unspecified atom stereocenters. The molecule has 22 heavy (non-hydrogen) atoms. The van der Waals surface area contributed by atoms with Gasteiger partial charge in [0.1, 0.15) is 15.5 Å². The van der Waals surface area contributed by atoms with Gasteiger partial charge in [-0.05, 0) is 40.7 Å². The molecule has 0 aliphatic rings. The Balaban J connectivity index is 2.52. The Labute approximate surface area is 134 Å². The van der Waals surface area contributed by atoms with E-state index in [9.17, 15) is 9.59 Å². The number of amides is 1. The van der Waals surface area contributed by atoms with Crippen LogP contribution < -0.4 is 5.32 Å². The van der Waals surface area contributed by atoms with Gasteiger partial charge in [0.25, 0.3) is 0 Å². The van der Waals surface area contributed by atoms with Crippen molar-refractivity contribution in [2.75, 3.05) is 13.2 Å². The summed E-state index contributed by atoms with van der Waals surface area (Å²) in [6.45, 7) is 9.59. The van der Waals surface area contributed by atoms with Crippen molar-refractivity contribution in [2.24, 2.45) is 0 Å². The standard InChI is InChI=1S/C15H22N2O4S/c1-6-20-13(18)12-10(2)17-11(22-12)8-7-9-16-14(19)21-15(3,4)5/h7-8H,6,9H2,1-5H3,(H,16,19). The van der Waals surface area contributed by atoms with E-state index in [2.05, 4.69) is 10.3 Å². The molecule has 1 rings (SSSR count). The minimum Gasteiger partial charge on any atom is -0.462 e. The lowest BCUT2D eigenvalue weighted by Crippen LogP contribution is -2.32. The molecule has 122 valence electrons. The van der Waals surface area contributed by atoms with Gasteiger partial charge >= 0.3 is 12.1 Å². The van der Waals surface area contributed by atoms with E-state index in [0.717, 1.165) is 0 Å². The third-order valence-electron chi connectivity index (χ3n) is 2.30. The fourth-order valence-corrected chi connectivity index (χ4v) is 2.38. The summed E-state index contributed by atoms with van der Waals surface area (Å²) in [4.78, 5) is 27.9. The fourth-order valence-electron chi connectivity index (χ4n) is 1.49. The molecule has 0 bridgehead atoms. The van der Waals surface area contributed by atoms with Gasteiger partial charge in [-0.3, -0.25) is 0 Å². The van der Waals surface area contributed by atoms with Crippen molar-refractivity contribution in [3.63, 3.8) is 0 Å². The van der Waals surface area contributed by atoms with Gasteiger partial charge in [0.2, 0.25) is 0 Å². The summed E-state index contributed by atoms with van der Waals surface area (Å²) < 4.78 is 10.1. The van der Waals surface area contributed by atoms with E-state index in [0.29, 0.717) is 28.7 Å². The van der Waals surface area contributed by atoms with Gasteiger partial charge in [-0.15, -0.1) is 11.3 Å². The van der Waals surface area contributed by atoms with Gasteiger partial charge in [0, 0.05) is 6.54 Å². The zero-order valence-electron chi connectivity index (χ0n) is 13.6. The van der Waals surface area contributed by atoms with Crippen molar-refractivity contribution in [3.8, 4) is 0 Å². The number of nitrogens with one attached hydrogen (secondary N) is 1. The van der Waals surface area contributed by atoms with Crippen LogP contribution in [0.1, 0.15) is 48.1 Å². The molecule has 0 radical (unpaired) electrons. The minimum atomic E-state index is -0.519. The van der Waals surface area contributed by atoms with Crippen LogP contribution in [-0.4, -0.2) is 35.8 Å². The van der Waals surface area contributed by atoms with E-state index in [1.54, 1.807) is 46.8 Å². The Morgan fingerprint density at radius 3 is 2.64 bits per heavy atom. The van der Waals surface area contributed by atoms with Gasteiger partial charge in [0.15, 0.2) is 0 Å². The van der Waals surface area contributed by atoms with Gasteiger partial charge in [-0.1, -0.05) is 6.08 Å². The van der Waals surface area contributed by atoms with E-state index < -0.39 is 11.7 Å². The Morgan fingerprint density at radius 1 is 1.36 bits per heavy atom. The molecular formula is C15H22N2O4S. The van der Waals surface area contributed by atoms with Crippen LogP contribution in [0, 0.1) is 6.92 Å². The summed E-state index contributed by atoms with van der Waals surface area (Å²) in [6.07, 6.45) is 3.02. The first-order valence-corrected chi connectivity index (χ1v) is 7.82. The Bertz CT molecular complexity index is 558. The molecule has 0 aliphatic heterocycles. The molecular weight excluding hydrogens is 304 g/mol. The summed E-state index contributed by atoms with van der Waals surface area (Å²) >= 11 is 1.26. The maximum Gasteiger partial charge on any atom is 0.407 e. The number of aromatic nitrogens is 1. The SMILES string of the molecule is CCOC(=O)c1sc(C=CCNC(=O)OC(C)(C)C)nc1C. The maximum atomic E-state index is 11.7. The second-order valence-corrected chi connectivity index (χ2v) is 6.50. The number of carbonyl (C=O) groups excluding carboxylic acids is 2. The highest BCUT2D eigenvalue weighted by Crippen LogP contribution is 2.20. The molecule has 6 nitrogen and oxygen atoms in total. The van der Waals surface area contributed by atoms with Crippen LogP contribution >= 0.6 is 11.3 Å². The normalized spacial score (nSPS) is 11.5. The van der Waals surface area contributed by atoms with Gasteiger partial charge in [-0.2, -0.15) is 0 Å². The topological polar surface area (TPSA) is 77.5 Å². The number of esters is 1. The molecule has 0 aliphatic carbocycles. The van der Waals surface area contributed by atoms with E-state index in [1.807, 2.05) is 0 Å². The summed E-state index contributed by atoms with van der Waals surface area (Å²) in [7, 11) is 0. The van der Waals surface area contributed by atoms with Crippen LogP contribution in [0.5, 0.6) is 0 Å². The van der Waals surface area contributed by atoms with Crippen LogP contribution in [-0.2, 0) is 9.47 Å². The smallest absolute Gasteiger partial charge is 0.407 e. The number of thiazole rings is 1. The molecule has 1 aromatic rings. The minimum absolute atomic E-state index is 0.322. The lowest BCUT2D eigenvalue weighted by molar-refractivity contribution is 0.0521. The molecule has 0 saturated heterocycles. The second-order valence-electron chi connectivity index (χ2n) is 5.47. The summed E-state index contributed by atoms with van der Waals surface area (Å²) in [5, 5.41) is 3.30. The van der Waals surface area contributed by atoms with Gasteiger partial charge in [-0.25, -0.2) is 14.6 Å². The van der Waals surface area contributed by atoms with E-state index in [4.69, 9.17) is 9.47 Å². The number of carbonyl (C=O) groups is 2. The summed E-state index contributed by atoms with van der Waals surface area (Å²) in [5.74, 6) is -0.357. The first-order chi connectivity index (χ1) is 10.2. The van der Waals surface area contributed by atoms with Crippen molar-refractivity contribution in [1.29, 1.82) is 0 Å². The second kappa shape index (κ2) is 7.93. The molecule has 0 saturated carbocycles. The monoisotopic (exact) mass is 326 g/mol. The third kappa shape index (κ3) is 6.26. The lowest BCUT2D eigenvalue weighted by atomic mass is 10.2. The van der Waals surface area contributed by atoms with E-state index in [-0.39, 0.29) is 5.97 Å². The number of nitrogens with zero attached hydrogens (tertiary/aromatic N) is 1. The molecule has 1 heterocycles. The largest absolute Gasteiger partial charge is 0.462 e. The van der Waals surface area contributed by atoms with Crippen LogP contribution in [0.3, 0.4) is 0 Å². The third-order valence-corrected chi connectivity index (χ3v) is 3.40. The zero-order chi connectivity index (χ0) is 16.8. The number of ether oxygens (including phenoxy) is 2. The van der Waals surface area contributed by atoms with Crippen LogP contribution in [0.4, 0.5) is 4.79 Å². The molecule has 1 N–H and O–H groups in total. The first kappa shape index (κ1) is 18.2. The highest BCUT2D eigenvalue weighted by Gasteiger charge is 2.16. The van der Waals surface area contributed by atoms with Crippen LogP contribution in [0.2, 0.25) is 0 Å². The molecule has 7 heteroatoms. The summed E-state index contributed by atoms with van der Waals surface area (Å²) in [6, 6.07) is 0. The number of alkyl carbamates (subject to hydrolysis) is 1. The molecule has 0 aromatic carbocycles. The lowest BCUT2D eigenvalue weighted by Gasteiger charge is -2.19. The predicted octanol–water partition coefficient (Wildman–Crippen LogP) is 3.17. The Kier molecular flexibility index (Phi) is 6.55. The maximum absolute atomic E-state index is 11.7. The molecule has 0 atom stereocenters. The van der Waals surface area contributed by atoms with Crippen molar-refractivity contribution in [1.82, 2.24) is 10.3 Å². The number of rotatable bonds is 5. The van der Waals surface area contributed by atoms with Crippen molar-refractivity contribution in [2.45, 2.75) is 40.2 Å². The Morgan fingerprint density at radius 2 is 2.05 bits per heavy atom. The van der Waals surface area contributed by atoms with Crippen LogP contribution in [0.25, 0.3) is 6.08 Å². The zero-order valence-corrected chi connectivity index (χ0v) is 14.4. The van der Waals surface area contributed by atoms with Crippen molar-refractivity contribution < 1.29 is 19.1 Å². The molecule has 0 fully saturated rings. The highest BCUT2D eigenvalue weighted by molar-refractivity contribution is 7.14. The number of hydrogen-bond donors (Lipinski definition) is 1. The van der Waals surface area contributed by atoms with Crippen molar-refractivity contribution >= 4 is 29.5 Å². The summed E-state index contributed by atoms with van der Waals surface area (Å²) in [5.41, 5.74) is 0.123. The highest BCUT2D eigenvalue weighted by atomic mass is 32.1. The number of hydrogen-bond acceptors (Lipinski definition) is 6. The van der Waals surface area contributed by atoms with Gasteiger partial charge in [0.05, 0.1) is 12.3 Å². The number of aryl methyl sites for hydroxylation is 1. The first-order valence-electron chi connectivity index (χ1n) is 7.01. The van der Waals surface area contributed by atoms with E-state index in [1.165, 1.54) is 11.3 Å². The fraction of sp³-hybridized carbons (Fsp3) is 0.533. The molecule has 1 amide bonds. The average molecular weight is 326 g/mol. The quantitative estimate of drug-likeness (QED) is 0.841. The van der Waals surface area contributed by atoms with Crippen molar-refractivity contribution in [3.05, 3.63) is 21.7 Å². The molecule has 1 aromatic heterocycles. The molecule has 0 spiro atoms. The average Bonchev–Trinajstić information content (AvgIpc) is 2.74. The predicted molar refractivity (Wildman–Crippen MR) is 86.1 cm³/mol. The van der Waals surface area contributed by atoms with Crippen LogP contribution in [0.15, 0.2) is 6.08 Å². The Hall–Kier alpha value is -1.89. The van der Waals surface area contributed by atoms with Gasteiger partial charge < -0.3 is 14.8 Å². The van der Waals surface area contributed by atoms with E-state index >= 15 is 0 Å².